The number of allylic oxidation sites excluding steroid dienone is 1. The van der Waals surface area contributed by atoms with Gasteiger partial charge in [0.05, 0.1) is 12.2 Å². The molecule has 1 aromatic heterocycles. The molecular weight excluding hydrogens is 404 g/mol. The molecule has 0 aliphatic carbocycles. The Morgan fingerprint density at radius 3 is 2.44 bits per heavy atom. The van der Waals surface area contributed by atoms with Gasteiger partial charge in [-0.15, -0.1) is 0 Å². The van der Waals surface area contributed by atoms with Crippen LogP contribution >= 0.6 is 0 Å². The number of benzene rings is 2. The van der Waals surface area contributed by atoms with Crippen molar-refractivity contribution in [1.82, 2.24) is 9.78 Å². The Balaban J connectivity index is 1.69. The van der Waals surface area contributed by atoms with Crippen molar-refractivity contribution in [2.75, 3.05) is 10.6 Å². The van der Waals surface area contributed by atoms with Gasteiger partial charge >= 0.3 is 5.97 Å². The van der Waals surface area contributed by atoms with Crippen molar-refractivity contribution in [1.29, 1.82) is 0 Å². The van der Waals surface area contributed by atoms with Gasteiger partial charge in [0.1, 0.15) is 17.1 Å². The maximum atomic E-state index is 13.0. The Morgan fingerprint density at radius 2 is 1.81 bits per heavy atom. The van der Waals surface area contributed by atoms with Gasteiger partial charge in [0, 0.05) is 5.69 Å². The van der Waals surface area contributed by atoms with Crippen LogP contribution in [0.25, 0.3) is 0 Å². The maximum absolute atomic E-state index is 13.0. The lowest BCUT2D eigenvalue weighted by Gasteiger charge is -2.24. The van der Waals surface area contributed by atoms with E-state index in [0.29, 0.717) is 17.4 Å². The first-order valence-electron chi connectivity index (χ1n) is 10.5. The van der Waals surface area contributed by atoms with Crippen molar-refractivity contribution in [2.45, 2.75) is 39.7 Å². The third-order valence-electron chi connectivity index (χ3n) is 5.82. The first-order valence-corrected chi connectivity index (χ1v) is 10.5. The molecule has 0 saturated heterocycles. The van der Waals surface area contributed by atoms with Crippen LogP contribution in [0.2, 0.25) is 0 Å². The van der Waals surface area contributed by atoms with E-state index < -0.39 is 12.0 Å². The first-order chi connectivity index (χ1) is 15.2. The van der Waals surface area contributed by atoms with Gasteiger partial charge in [-0.25, -0.2) is 9.48 Å². The number of rotatable bonds is 5. The molecule has 1 amide bonds. The van der Waals surface area contributed by atoms with Crippen LogP contribution in [0.5, 0.6) is 0 Å². The number of hydrogen-bond acceptors (Lipinski definition) is 4. The summed E-state index contributed by atoms with van der Waals surface area (Å²) in [5.41, 5.74) is 5.24. The number of nitrogens with zero attached hydrogens (tertiary/aromatic N) is 2. The van der Waals surface area contributed by atoms with Crippen LogP contribution in [0.3, 0.4) is 0 Å². The summed E-state index contributed by atoms with van der Waals surface area (Å²) in [6.07, 6.45) is 3.07. The number of carbonyl (C=O) groups excluding carboxylic acids is 1. The Hall–Kier alpha value is -3.87. The predicted octanol–water partition coefficient (Wildman–Crippen LogP) is 4.86. The maximum Gasteiger partial charge on any atom is 0.352 e. The summed E-state index contributed by atoms with van der Waals surface area (Å²) in [4.78, 5) is 24.8. The Morgan fingerprint density at radius 1 is 1.09 bits per heavy atom. The summed E-state index contributed by atoms with van der Waals surface area (Å²) in [6.45, 7) is 8.22. The second-order valence-electron chi connectivity index (χ2n) is 8.38. The van der Waals surface area contributed by atoms with Gasteiger partial charge < -0.3 is 15.7 Å². The number of aliphatic carboxylic acids is 1. The van der Waals surface area contributed by atoms with E-state index in [1.54, 1.807) is 10.8 Å². The van der Waals surface area contributed by atoms with Crippen LogP contribution in [0, 0.1) is 13.8 Å². The summed E-state index contributed by atoms with van der Waals surface area (Å²) >= 11 is 0. The van der Waals surface area contributed by atoms with Crippen molar-refractivity contribution in [3.63, 3.8) is 0 Å². The lowest BCUT2D eigenvalue weighted by Crippen LogP contribution is -2.25. The molecule has 0 saturated carbocycles. The van der Waals surface area contributed by atoms with Crippen LogP contribution in [-0.4, -0.2) is 26.8 Å². The minimum Gasteiger partial charge on any atom is -0.477 e. The highest BCUT2D eigenvalue weighted by Gasteiger charge is 2.29. The van der Waals surface area contributed by atoms with Gasteiger partial charge in [0.25, 0.3) is 5.91 Å². The number of amides is 1. The number of carboxylic acids is 1. The molecule has 0 spiro atoms. The Labute approximate surface area is 186 Å². The highest BCUT2D eigenvalue weighted by atomic mass is 16.4. The fourth-order valence-corrected chi connectivity index (χ4v) is 3.72. The van der Waals surface area contributed by atoms with Crippen molar-refractivity contribution in [3.05, 3.63) is 88.3 Å². The van der Waals surface area contributed by atoms with E-state index in [4.69, 9.17) is 0 Å². The topological polar surface area (TPSA) is 96.3 Å². The zero-order valence-electron chi connectivity index (χ0n) is 18.5. The first kappa shape index (κ1) is 21.4. The minimum absolute atomic E-state index is 0.0103. The number of anilines is 2. The SMILES string of the molecule is Cc1ccc(NC(=O)c2cnn3c2NC(C(=O)O)=C[C@@H]3c2ccc(C(C)C)cc2)cc1C. The van der Waals surface area contributed by atoms with Crippen molar-refractivity contribution in [2.24, 2.45) is 0 Å². The van der Waals surface area contributed by atoms with E-state index in [9.17, 15) is 14.7 Å². The Kier molecular flexibility index (Phi) is 5.57. The summed E-state index contributed by atoms with van der Waals surface area (Å²) in [6, 6.07) is 13.3. The summed E-state index contributed by atoms with van der Waals surface area (Å²) < 4.78 is 1.64. The van der Waals surface area contributed by atoms with Gasteiger partial charge in [-0.3, -0.25) is 4.79 Å². The average Bonchev–Trinajstić information content (AvgIpc) is 3.20. The largest absolute Gasteiger partial charge is 0.477 e. The van der Waals surface area contributed by atoms with Gasteiger partial charge in [0.15, 0.2) is 0 Å². The molecule has 3 N–H and O–H groups in total. The van der Waals surface area contributed by atoms with E-state index >= 15 is 0 Å². The second kappa shape index (κ2) is 8.34. The van der Waals surface area contributed by atoms with Gasteiger partial charge in [-0.2, -0.15) is 5.10 Å². The number of aromatic nitrogens is 2. The molecule has 2 heterocycles. The molecule has 32 heavy (non-hydrogen) atoms. The third kappa shape index (κ3) is 4.01. The third-order valence-corrected chi connectivity index (χ3v) is 5.82. The quantitative estimate of drug-likeness (QED) is 0.537. The van der Waals surface area contributed by atoms with Crippen LogP contribution in [0.15, 0.2) is 60.4 Å². The lowest BCUT2D eigenvalue weighted by molar-refractivity contribution is -0.132. The molecule has 1 aliphatic rings. The molecule has 0 unspecified atom stereocenters. The highest BCUT2D eigenvalue weighted by molar-refractivity contribution is 6.08. The molecule has 2 aromatic carbocycles. The zero-order chi connectivity index (χ0) is 23.0. The van der Waals surface area contributed by atoms with Crippen LogP contribution in [-0.2, 0) is 4.79 Å². The van der Waals surface area contributed by atoms with Gasteiger partial charge in [-0.05, 0) is 60.2 Å². The fourth-order valence-electron chi connectivity index (χ4n) is 3.72. The zero-order valence-corrected chi connectivity index (χ0v) is 18.5. The molecule has 0 radical (unpaired) electrons. The van der Waals surface area contributed by atoms with Crippen LogP contribution < -0.4 is 10.6 Å². The molecule has 7 heteroatoms. The molecule has 0 bridgehead atoms. The van der Waals surface area contributed by atoms with Crippen molar-refractivity contribution < 1.29 is 14.7 Å². The smallest absolute Gasteiger partial charge is 0.352 e. The van der Waals surface area contributed by atoms with Crippen LogP contribution in [0.4, 0.5) is 11.5 Å². The van der Waals surface area contributed by atoms with Gasteiger partial charge in [0.2, 0.25) is 0 Å². The van der Waals surface area contributed by atoms with E-state index in [1.165, 1.54) is 11.8 Å². The molecule has 7 nitrogen and oxygen atoms in total. The van der Waals surface area contributed by atoms with E-state index in [-0.39, 0.29) is 17.2 Å². The normalized spacial score (nSPS) is 15.0. The number of carboxylic acid groups (broad SMARTS) is 1. The number of carbonyl (C=O) groups is 2. The molecule has 3 aromatic rings. The van der Waals surface area contributed by atoms with Crippen molar-refractivity contribution in [3.8, 4) is 0 Å². The minimum atomic E-state index is -1.10. The molecular formula is C25H26N4O3. The number of aryl methyl sites for hydroxylation is 2. The Bertz CT molecular complexity index is 1220. The summed E-state index contributed by atoms with van der Waals surface area (Å²) in [5, 5.41) is 19.8. The summed E-state index contributed by atoms with van der Waals surface area (Å²) in [5.74, 6) is -0.711. The van der Waals surface area contributed by atoms with E-state index in [0.717, 1.165) is 16.7 Å². The highest BCUT2D eigenvalue weighted by Crippen LogP contribution is 2.33. The second-order valence-corrected chi connectivity index (χ2v) is 8.38. The van der Waals surface area contributed by atoms with Gasteiger partial charge in [-0.1, -0.05) is 44.2 Å². The molecule has 164 valence electrons. The fraction of sp³-hybridized carbons (Fsp3) is 0.240. The number of nitrogens with one attached hydrogen (secondary N) is 2. The molecule has 4 rings (SSSR count). The lowest BCUT2D eigenvalue weighted by atomic mass is 9.98. The van der Waals surface area contributed by atoms with Crippen molar-refractivity contribution >= 4 is 23.4 Å². The predicted molar refractivity (Wildman–Crippen MR) is 124 cm³/mol. The number of fused-ring (bicyclic) bond motifs is 1. The number of hydrogen-bond donors (Lipinski definition) is 3. The molecule has 0 fully saturated rings. The standard InChI is InChI=1S/C25H26N4O3/c1-14(2)17-6-8-18(9-7-17)22-12-21(25(31)32)28-23-20(13-26-29(22)23)24(30)27-19-10-5-15(3)16(4)11-19/h5-14,22,28H,1-4H3,(H,27,30)(H,31,32)/t22-/m1/s1. The van der Waals surface area contributed by atoms with E-state index in [2.05, 4.69) is 29.6 Å². The van der Waals surface area contributed by atoms with E-state index in [1.807, 2.05) is 56.3 Å². The monoisotopic (exact) mass is 430 g/mol. The average molecular weight is 431 g/mol. The summed E-state index contributed by atoms with van der Waals surface area (Å²) in [7, 11) is 0. The molecule has 1 atom stereocenters. The van der Waals surface area contributed by atoms with Crippen LogP contribution in [0.1, 0.15) is 58.4 Å². The molecule has 1 aliphatic heterocycles.